The van der Waals surface area contributed by atoms with E-state index in [1.807, 2.05) is 10.9 Å². The highest BCUT2D eigenvalue weighted by atomic mass is 35.5. The summed E-state index contributed by atoms with van der Waals surface area (Å²) in [5.41, 5.74) is 0.855. The minimum Gasteiger partial charge on any atom is -0.375 e. The van der Waals surface area contributed by atoms with Crippen LogP contribution in [0.15, 0.2) is 6.20 Å². The molecule has 1 heterocycles. The molecule has 92 valence electrons. The molecule has 0 saturated heterocycles. The first kappa shape index (κ1) is 13.5. The summed E-state index contributed by atoms with van der Waals surface area (Å²) in [6.45, 7) is 6.56. The average Bonchev–Trinajstić information content (AvgIpc) is 2.63. The monoisotopic (exact) mass is 244 g/mol. The maximum atomic E-state index is 6.07. The van der Waals surface area contributed by atoms with E-state index in [9.17, 15) is 0 Å². The number of ether oxygens (including phenoxy) is 1. The van der Waals surface area contributed by atoms with Crippen LogP contribution in [0.2, 0.25) is 5.02 Å². The van der Waals surface area contributed by atoms with Crippen LogP contribution in [0.25, 0.3) is 0 Å². The molecule has 1 rings (SSSR count). The molecular formula is C12H21ClN2O. The average molecular weight is 245 g/mol. The fourth-order valence-electron chi connectivity index (χ4n) is 1.38. The van der Waals surface area contributed by atoms with Crippen molar-refractivity contribution >= 4 is 11.6 Å². The molecule has 0 aliphatic rings. The topological polar surface area (TPSA) is 27.1 Å². The molecular weight excluding hydrogens is 224 g/mol. The highest BCUT2D eigenvalue weighted by Gasteiger charge is 2.06. The second-order valence-corrected chi connectivity index (χ2v) is 4.35. The first-order valence-electron chi connectivity index (χ1n) is 6.07. The van der Waals surface area contributed by atoms with Crippen molar-refractivity contribution in [2.75, 3.05) is 6.61 Å². The number of nitrogens with zero attached hydrogens (tertiary/aromatic N) is 2. The number of halogens is 1. The molecule has 0 radical (unpaired) electrons. The van der Waals surface area contributed by atoms with Gasteiger partial charge in [-0.3, -0.25) is 4.68 Å². The van der Waals surface area contributed by atoms with Crippen molar-refractivity contribution in [3.63, 3.8) is 0 Å². The minimum atomic E-state index is 0.526. The molecule has 1 aromatic heterocycles. The number of unbranched alkanes of at least 4 members (excludes halogenated alkanes) is 2. The van der Waals surface area contributed by atoms with E-state index in [2.05, 4.69) is 18.9 Å². The van der Waals surface area contributed by atoms with E-state index in [1.165, 1.54) is 6.42 Å². The largest absolute Gasteiger partial charge is 0.375 e. The molecule has 0 aliphatic carbocycles. The molecule has 0 saturated carbocycles. The molecule has 0 atom stereocenters. The Hall–Kier alpha value is -0.540. The molecule has 0 bridgehead atoms. The van der Waals surface area contributed by atoms with E-state index in [0.29, 0.717) is 11.6 Å². The van der Waals surface area contributed by atoms with Crippen LogP contribution in [-0.4, -0.2) is 16.4 Å². The van der Waals surface area contributed by atoms with Gasteiger partial charge in [0, 0.05) is 19.3 Å². The van der Waals surface area contributed by atoms with Gasteiger partial charge in [-0.1, -0.05) is 38.3 Å². The Morgan fingerprint density at radius 3 is 2.75 bits per heavy atom. The first-order valence-corrected chi connectivity index (χ1v) is 6.45. The highest BCUT2D eigenvalue weighted by molar-refractivity contribution is 6.31. The van der Waals surface area contributed by atoms with Gasteiger partial charge in [0.2, 0.25) is 0 Å². The molecule has 0 spiro atoms. The minimum absolute atomic E-state index is 0.526. The SMILES string of the molecule is CCCCOCc1nn(CCCC)cc1Cl. The van der Waals surface area contributed by atoms with Crippen molar-refractivity contribution in [1.29, 1.82) is 0 Å². The summed E-state index contributed by atoms with van der Waals surface area (Å²) in [4.78, 5) is 0. The van der Waals surface area contributed by atoms with Gasteiger partial charge in [-0.25, -0.2) is 0 Å². The molecule has 3 nitrogen and oxygen atoms in total. The van der Waals surface area contributed by atoms with Crippen LogP contribution in [0.4, 0.5) is 0 Å². The Labute approximate surface area is 103 Å². The molecule has 0 fully saturated rings. The summed E-state index contributed by atoms with van der Waals surface area (Å²) in [5, 5.41) is 5.12. The number of hydrogen-bond donors (Lipinski definition) is 0. The second kappa shape index (κ2) is 7.69. The Morgan fingerprint density at radius 2 is 2.06 bits per heavy atom. The van der Waals surface area contributed by atoms with Crippen molar-refractivity contribution in [1.82, 2.24) is 9.78 Å². The fourth-order valence-corrected chi connectivity index (χ4v) is 1.59. The van der Waals surface area contributed by atoms with E-state index < -0.39 is 0 Å². The Balaban J connectivity index is 2.37. The van der Waals surface area contributed by atoms with E-state index in [4.69, 9.17) is 16.3 Å². The predicted molar refractivity (Wildman–Crippen MR) is 66.7 cm³/mol. The maximum absolute atomic E-state index is 6.07. The second-order valence-electron chi connectivity index (χ2n) is 3.95. The van der Waals surface area contributed by atoms with Gasteiger partial charge in [0.1, 0.15) is 5.69 Å². The van der Waals surface area contributed by atoms with Gasteiger partial charge in [0.05, 0.1) is 11.6 Å². The number of rotatable bonds is 8. The van der Waals surface area contributed by atoms with Crippen molar-refractivity contribution in [2.45, 2.75) is 52.7 Å². The van der Waals surface area contributed by atoms with E-state index >= 15 is 0 Å². The fraction of sp³-hybridized carbons (Fsp3) is 0.750. The molecule has 0 amide bonds. The zero-order chi connectivity index (χ0) is 11.8. The van der Waals surface area contributed by atoms with Gasteiger partial charge in [-0.05, 0) is 12.8 Å². The Kier molecular flexibility index (Phi) is 6.50. The van der Waals surface area contributed by atoms with E-state index in [0.717, 1.165) is 38.1 Å². The van der Waals surface area contributed by atoms with Crippen molar-refractivity contribution in [2.24, 2.45) is 0 Å². The Bertz CT molecular complexity index is 299. The molecule has 16 heavy (non-hydrogen) atoms. The third kappa shape index (κ3) is 4.54. The van der Waals surface area contributed by atoms with Crippen molar-refractivity contribution < 1.29 is 4.74 Å². The van der Waals surface area contributed by atoms with Gasteiger partial charge in [-0.15, -0.1) is 0 Å². The molecule has 0 N–H and O–H groups in total. The summed E-state index contributed by atoms with van der Waals surface area (Å²) in [5.74, 6) is 0. The summed E-state index contributed by atoms with van der Waals surface area (Å²) in [7, 11) is 0. The van der Waals surface area contributed by atoms with Crippen LogP contribution in [0, 0.1) is 0 Å². The third-order valence-corrected chi connectivity index (χ3v) is 2.72. The van der Waals surface area contributed by atoms with Crippen LogP contribution in [0.1, 0.15) is 45.2 Å². The Morgan fingerprint density at radius 1 is 1.31 bits per heavy atom. The number of aryl methyl sites for hydroxylation is 1. The lowest BCUT2D eigenvalue weighted by atomic mass is 10.3. The van der Waals surface area contributed by atoms with Crippen LogP contribution < -0.4 is 0 Å². The quantitative estimate of drug-likeness (QED) is 0.653. The molecule has 0 aliphatic heterocycles. The van der Waals surface area contributed by atoms with Crippen LogP contribution >= 0.6 is 11.6 Å². The lowest BCUT2D eigenvalue weighted by molar-refractivity contribution is 0.115. The molecule has 4 heteroatoms. The molecule has 1 aromatic rings. The van der Waals surface area contributed by atoms with Crippen molar-refractivity contribution in [3.05, 3.63) is 16.9 Å². The smallest absolute Gasteiger partial charge is 0.107 e. The normalized spacial score (nSPS) is 10.9. The van der Waals surface area contributed by atoms with Crippen molar-refractivity contribution in [3.8, 4) is 0 Å². The van der Waals surface area contributed by atoms with Gasteiger partial charge in [-0.2, -0.15) is 5.10 Å². The van der Waals surface area contributed by atoms with Crippen LogP contribution in [0.5, 0.6) is 0 Å². The van der Waals surface area contributed by atoms with Crippen LogP contribution in [0.3, 0.4) is 0 Å². The zero-order valence-electron chi connectivity index (χ0n) is 10.2. The van der Waals surface area contributed by atoms with E-state index in [-0.39, 0.29) is 0 Å². The zero-order valence-corrected chi connectivity index (χ0v) is 11.0. The summed E-state index contributed by atoms with van der Waals surface area (Å²) in [6.07, 6.45) is 6.43. The third-order valence-electron chi connectivity index (χ3n) is 2.41. The summed E-state index contributed by atoms with van der Waals surface area (Å²) >= 11 is 6.07. The first-order chi connectivity index (χ1) is 7.77. The van der Waals surface area contributed by atoms with Gasteiger partial charge in [0.15, 0.2) is 0 Å². The molecule has 0 aromatic carbocycles. The predicted octanol–water partition coefficient (Wildman–Crippen LogP) is 3.65. The lowest BCUT2D eigenvalue weighted by Crippen LogP contribution is -2.01. The summed E-state index contributed by atoms with van der Waals surface area (Å²) < 4.78 is 7.41. The van der Waals surface area contributed by atoms with E-state index in [1.54, 1.807) is 0 Å². The maximum Gasteiger partial charge on any atom is 0.107 e. The van der Waals surface area contributed by atoms with Gasteiger partial charge in [0.25, 0.3) is 0 Å². The summed E-state index contributed by atoms with van der Waals surface area (Å²) in [6, 6.07) is 0. The van der Waals surface area contributed by atoms with Crippen LogP contribution in [-0.2, 0) is 17.9 Å². The van der Waals surface area contributed by atoms with Gasteiger partial charge >= 0.3 is 0 Å². The highest BCUT2D eigenvalue weighted by Crippen LogP contribution is 2.15. The standard InChI is InChI=1S/C12H21ClN2O/c1-3-5-7-15-9-11(13)12(14-15)10-16-8-6-4-2/h9H,3-8,10H2,1-2H3. The number of aromatic nitrogens is 2. The molecule has 0 unspecified atom stereocenters. The lowest BCUT2D eigenvalue weighted by Gasteiger charge is -2.01. The van der Waals surface area contributed by atoms with Gasteiger partial charge < -0.3 is 4.74 Å². The number of hydrogen-bond acceptors (Lipinski definition) is 2.